The van der Waals surface area contributed by atoms with E-state index in [1.54, 1.807) is 0 Å². The molecule has 1 heteroatoms. The van der Waals surface area contributed by atoms with Gasteiger partial charge in [-0.25, -0.2) is 0 Å². The van der Waals surface area contributed by atoms with E-state index in [0.717, 1.165) is 5.92 Å². The van der Waals surface area contributed by atoms with Crippen LogP contribution in [0.1, 0.15) is 71.1 Å². The predicted molar refractivity (Wildman–Crippen MR) is 72.8 cm³/mol. The Hall–Kier alpha value is -0.0400. The van der Waals surface area contributed by atoms with Crippen LogP contribution < -0.4 is 0 Å². The van der Waals surface area contributed by atoms with Crippen LogP contribution in [-0.4, -0.2) is 25.0 Å². The summed E-state index contributed by atoms with van der Waals surface area (Å²) in [7, 11) is 2.29. The van der Waals surface area contributed by atoms with Gasteiger partial charge in [0.05, 0.1) is 0 Å². The summed E-state index contributed by atoms with van der Waals surface area (Å²) in [5.74, 6) is 0.896. The zero-order valence-electron chi connectivity index (χ0n) is 11.5. The molecular formula is C15H31N. The lowest BCUT2D eigenvalue weighted by Crippen LogP contribution is -2.25. The highest BCUT2D eigenvalue weighted by Crippen LogP contribution is 2.15. The number of hydrogen-bond donors (Lipinski definition) is 0. The highest BCUT2D eigenvalue weighted by Gasteiger charge is 2.06. The molecule has 0 spiro atoms. The first-order valence-electron chi connectivity index (χ1n) is 7.47. The largest absolute Gasteiger partial charge is 0.306 e. The van der Waals surface area contributed by atoms with Crippen LogP contribution in [0.4, 0.5) is 0 Å². The quantitative estimate of drug-likeness (QED) is 0.588. The van der Waals surface area contributed by atoms with Crippen molar-refractivity contribution in [3.05, 3.63) is 0 Å². The topological polar surface area (TPSA) is 3.24 Å². The highest BCUT2D eigenvalue weighted by atomic mass is 15.1. The van der Waals surface area contributed by atoms with Gasteiger partial charge in [0.15, 0.2) is 0 Å². The van der Waals surface area contributed by atoms with Crippen LogP contribution in [0.5, 0.6) is 0 Å². The van der Waals surface area contributed by atoms with E-state index in [0.29, 0.717) is 0 Å². The lowest BCUT2D eigenvalue weighted by atomic mass is 10.00. The molecule has 1 aliphatic heterocycles. The molecule has 1 aliphatic rings. The third-order valence-electron chi connectivity index (χ3n) is 3.86. The van der Waals surface area contributed by atoms with Crippen molar-refractivity contribution in [2.24, 2.45) is 5.92 Å². The van der Waals surface area contributed by atoms with E-state index in [2.05, 4.69) is 18.9 Å². The summed E-state index contributed by atoms with van der Waals surface area (Å²) >= 11 is 0. The summed E-state index contributed by atoms with van der Waals surface area (Å²) in [4.78, 5) is 2.54. The van der Waals surface area contributed by atoms with Gasteiger partial charge in [0.2, 0.25) is 0 Å². The molecule has 96 valence electrons. The van der Waals surface area contributed by atoms with Gasteiger partial charge >= 0.3 is 0 Å². The van der Waals surface area contributed by atoms with E-state index in [1.165, 1.54) is 77.3 Å². The van der Waals surface area contributed by atoms with Crippen molar-refractivity contribution < 1.29 is 0 Å². The van der Waals surface area contributed by atoms with Crippen LogP contribution >= 0.6 is 0 Å². The van der Waals surface area contributed by atoms with Gasteiger partial charge in [0, 0.05) is 6.54 Å². The van der Waals surface area contributed by atoms with Crippen LogP contribution in [0, 0.1) is 5.92 Å². The van der Waals surface area contributed by atoms with Gasteiger partial charge in [-0.15, -0.1) is 0 Å². The molecule has 1 nitrogen and oxygen atoms in total. The number of rotatable bonds is 0. The van der Waals surface area contributed by atoms with Gasteiger partial charge in [-0.2, -0.15) is 0 Å². The molecule has 0 N–H and O–H groups in total. The van der Waals surface area contributed by atoms with E-state index in [1.807, 2.05) is 0 Å². The first-order valence-corrected chi connectivity index (χ1v) is 7.47. The lowest BCUT2D eigenvalue weighted by Gasteiger charge is -2.21. The summed E-state index contributed by atoms with van der Waals surface area (Å²) in [5.41, 5.74) is 0. The molecule has 0 amide bonds. The minimum atomic E-state index is 0.896. The van der Waals surface area contributed by atoms with Gasteiger partial charge in [-0.3, -0.25) is 0 Å². The first kappa shape index (κ1) is 14.0. The Morgan fingerprint density at radius 2 is 1.25 bits per heavy atom. The van der Waals surface area contributed by atoms with Crippen LogP contribution in [0.25, 0.3) is 0 Å². The summed E-state index contributed by atoms with van der Waals surface area (Å²) in [6.07, 6.45) is 14.6. The van der Waals surface area contributed by atoms with Crippen LogP contribution in [0.15, 0.2) is 0 Å². The third-order valence-corrected chi connectivity index (χ3v) is 3.86. The SMILES string of the molecule is CC1CCCCCCCCCCCN(C)C1. The second-order valence-corrected chi connectivity index (χ2v) is 5.84. The Bertz CT molecular complexity index is 140. The smallest absolute Gasteiger partial charge is 0.000397 e. The number of hydrogen-bond acceptors (Lipinski definition) is 1. The van der Waals surface area contributed by atoms with Crippen molar-refractivity contribution in [1.82, 2.24) is 4.90 Å². The maximum absolute atomic E-state index is 2.54. The standard InChI is InChI=1S/C15H31N/c1-15-12-10-8-6-4-3-5-7-9-11-13-16(2)14-15/h15H,3-14H2,1-2H3. The fourth-order valence-corrected chi connectivity index (χ4v) is 2.83. The van der Waals surface area contributed by atoms with Crippen molar-refractivity contribution in [2.45, 2.75) is 71.1 Å². The van der Waals surface area contributed by atoms with Gasteiger partial charge in [-0.1, -0.05) is 58.3 Å². The second-order valence-electron chi connectivity index (χ2n) is 5.84. The maximum Gasteiger partial charge on any atom is 0.000397 e. The fraction of sp³-hybridized carbons (Fsp3) is 1.00. The molecule has 16 heavy (non-hydrogen) atoms. The van der Waals surface area contributed by atoms with Crippen molar-refractivity contribution in [1.29, 1.82) is 0 Å². The van der Waals surface area contributed by atoms with E-state index >= 15 is 0 Å². The first-order chi connectivity index (χ1) is 7.79. The molecule has 0 bridgehead atoms. The van der Waals surface area contributed by atoms with E-state index in [9.17, 15) is 0 Å². The predicted octanol–water partition coefficient (Wildman–Crippen LogP) is 4.47. The Morgan fingerprint density at radius 1 is 0.750 bits per heavy atom. The monoisotopic (exact) mass is 225 g/mol. The summed E-state index contributed by atoms with van der Waals surface area (Å²) in [6, 6.07) is 0. The molecule has 0 saturated carbocycles. The minimum absolute atomic E-state index is 0.896. The molecule has 0 radical (unpaired) electrons. The zero-order valence-corrected chi connectivity index (χ0v) is 11.5. The maximum atomic E-state index is 2.54. The van der Waals surface area contributed by atoms with Crippen LogP contribution in [0.3, 0.4) is 0 Å². The highest BCUT2D eigenvalue weighted by molar-refractivity contribution is 4.61. The molecule has 1 unspecified atom stereocenters. The molecule has 1 saturated heterocycles. The summed E-state index contributed by atoms with van der Waals surface area (Å²) < 4.78 is 0. The Morgan fingerprint density at radius 3 is 1.88 bits per heavy atom. The van der Waals surface area contributed by atoms with Crippen LogP contribution in [0.2, 0.25) is 0 Å². The molecule has 0 aliphatic carbocycles. The van der Waals surface area contributed by atoms with Crippen molar-refractivity contribution in [2.75, 3.05) is 20.1 Å². The van der Waals surface area contributed by atoms with Gasteiger partial charge < -0.3 is 4.90 Å². The molecule has 0 aromatic rings. The molecular weight excluding hydrogens is 194 g/mol. The molecule has 1 atom stereocenters. The van der Waals surface area contributed by atoms with Crippen LogP contribution in [-0.2, 0) is 0 Å². The van der Waals surface area contributed by atoms with E-state index < -0.39 is 0 Å². The Labute approximate surface area is 103 Å². The molecule has 1 heterocycles. The van der Waals surface area contributed by atoms with E-state index in [-0.39, 0.29) is 0 Å². The van der Waals surface area contributed by atoms with E-state index in [4.69, 9.17) is 0 Å². The summed E-state index contributed by atoms with van der Waals surface area (Å²) in [6.45, 7) is 5.03. The second kappa shape index (κ2) is 9.04. The summed E-state index contributed by atoms with van der Waals surface area (Å²) in [5, 5.41) is 0. The van der Waals surface area contributed by atoms with Crippen molar-refractivity contribution >= 4 is 0 Å². The molecule has 0 aromatic heterocycles. The van der Waals surface area contributed by atoms with Gasteiger partial charge in [0.25, 0.3) is 0 Å². The van der Waals surface area contributed by atoms with Crippen molar-refractivity contribution in [3.63, 3.8) is 0 Å². The van der Waals surface area contributed by atoms with Crippen molar-refractivity contribution in [3.8, 4) is 0 Å². The Balaban J connectivity index is 2.21. The molecule has 1 rings (SSSR count). The average Bonchev–Trinajstić information content (AvgIpc) is 2.25. The zero-order chi connectivity index (χ0) is 11.6. The number of nitrogens with zero attached hydrogens (tertiary/aromatic N) is 1. The third kappa shape index (κ3) is 7.27. The Kier molecular flexibility index (Phi) is 7.92. The van der Waals surface area contributed by atoms with Gasteiger partial charge in [0.1, 0.15) is 0 Å². The average molecular weight is 225 g/mol. The van der Waals surface area contributed by atoms with Gasteiger partial charge in [-0.05, 0) is 32.4 Å². The minimum Gasteiger partial charge on any atom is -0.306 e. The normalized spacial score (nSPS) is 28.5. The molecule has 0 aromatic carbocycles. The lowest BCUT2D eigenvalue weighted by molar-refractivity contribution is 0.267. The fourth-order valence-electron chi connectivity index (χ4n) is 2.83. The molecule has 1 fully saturated rings.